The van der Waals surface area contributed by atoms with Gasteiger partial charge in [0.2, 0.25) is 0 Å². The second-order valence-corrected chi connectivity index (χ2v) is 5.27. The standard InChI is InChI=1S/C11H24N2O/c1-10(2,3)13-8-6-11(9-13,14-4)5-7-12/h5-9,12H2,1-4H3. The molecule has 0 bridgehead atoms. The average molecular weight is 200 g/mol. The highest BCUT2D eigenvalue weighted by molar-refractivity contribution is 4.95. The fourth-order valence-corrected chi connectivity index (χ4v) is 2.15. The van der Waals surface area contributed by atoms with Crippen molar-refractivity contribution in [2.45, 2.75) is 44.8 Å². The van der Waals surface area contributed by atoms with Crippen LogP contribution in [0.25, 0.3) is 0 Å². The van der Waals surface area contributed by atoms with E-state index in [9.17, 15) is 0 Å². The van der Waals surface area contributed by atoms with Gasteiger partial charge in [-0.15, -0.1) is 0 Å². The fraction of sp³-hybridized carbons (Fsp3) is 1.00. The molecule has 14 heavy (non-hydrogen) atoms. The number of hydrogen-bond donors (Lipinski definition) is 1. The van der Waals surface area contributed by atoms with Crippen LogP contribution in [-0.4, -0.2) is 42.8 Å². The Hall–Kier alpha value is -0.120. The van der Waals surface area contributed by atoms with Crippen molar-refractivity contribution in [1.82, 2.24) is 4.90 Å². The third-order valence-electron chi connectivity index (χ3n) is 3.30. The van der Waals surface area contributed by atoms with Gasteiger partial charge in [0.15, 0.2) is 0 Å². The predicted octanol–water partition coefficient (Wildman–Crippen LogP) is 1.22. The molecule has 0 aromatic heterocycles. The van der Waals surface area contributed by atoms with Gasteiger partial charge >= 0.3 is 0 Å². The lowest BCUT2D eigenvalue weighted by Crippen LogP contribution is -2.44. The molecule has 1 atom stereocenters. The van der Waals surface area contributed by atoms with Crippen molar-refractivity contribution < 1.29 is 4.74 Å². The summed E-state index contributed by atoms with van der Waals surface area (Å²) in [5.74, 6) is 0. The molecule has 0 aliphatic carbocycles. The van der Waals surface area contributed by atoms with Crippen LogP contribution in [0.1, 0.15) is 33.6 Å². The van der Waals surface area contributed by atoms with E-state index >= 15 is 0 Å². The van der Waals surface area contributed by atoms with Crippen LogP contribution in [0.4, 0.5) is 0 Å². The second kappa shape index (κ2) is 4.17. The Morgan fingerprint density at radius 2 is 2.07 bits per heavy atom. The van der Waals surface area contributed by atoms with Crippen LogP contribution < -0.4 is 5.73 Å². The van der Waals surface area contributed by atoms with E-state index < -0.39 is 0 Å². The third-order valence-corrected chi connectivity index (χ3v) is 3.30. The van der Waals surface area contributed by atoms with E-state index in [1.54, 1.807) is 0 Å². The highest BCUT2D eigenvalue weighted by atomic mass is 16.5. The zero-order chi connectivity index (χ0) is 10.8. The van der Waals surface area contributed by atoms with Gasteiger partial charge in [-0.3, -0.25) is 4.90 Å². The van der Waals surface area contributed by atoms with Crippen LogP contribution in [0.3, 0.4) is 0 Å². The lowest BCUT2D eigenvalue weighted by molar-refractivity contribution is -0.0138. The Morgan fingerprint density at radius 1 is 1.43 bits per heavy atom. The van der Waals surface area contributed by atoms with Crippen LogP contribution in [0, 0.1) is 0 Å². The van der Waals surface area contributed by atoms with Crippen molar-refractivity contribution >= 4 is 0 Å². The highest BCUT2D eigenvalue weighted by Gasteiger charge is 2.40. The maximum atomic E-state index is 5.64. The Bertz CT molecular complexity index is 188. The van der Waals surface area contributed by atoms with E-state index in [1.165, 1.54) is 0 Å². The summed E-state index contributed by atoms with van der Waals surface area (Å²) in [6.45, 7) is 9.61. The zero-order valence-corrected chi connectivity index (χ0v) is 9.97. The van der Waals surface area contributed by atoms with Gasteiger partial charge in [0.25, 0.3) is 0 Å². The summed E-state index contributed by atoms with van der Waals surface area (Å²) >= 11 is 0. The summed E-state index contributed by atoms with van der Waals surface area (Å²) in [4.78, 5) is 2.48. The molecule has 0 amide bonds. The number of likely N-dealkylation sites (tertiary alicyclic amines) is 1. The largest absolute Gasteiger partial charge is 0.377 e. The summed E-state index contributed by atoms with van der Waals surface area (Å²) in [6, 6.07) is 0. The molecule has 1 fully saturated rings. The van der Waals surface area contributed by atoms with E-state index in [2.05, 4.69) is 25.7 Å². The molecule has 1 unspecified atom stereocenters. The van der Waals surface area contributed by atoms with Crippen LogP contribution in [0.15, 0.2) is 0 Å². The fourth-order valence-electron chi connectivity index (χ4n) is 2.15. The topological polar surface area (TPSA) is 38.5 Å². The van der Waals surface area contributed by atoms with Crippen molar-refractivity contribution in [3.8, 4) is 0 Å². The zero-order valence-electron chi connectivity index (χ0n) is 9.97. The molecule has 0 spiro atoms. The predicted molar refractivity (Wildman–Crippen MR) is 59.4 cm³/mol. The highest BCUT2D eigenvalue weighted by Crippen LogP contribution is 2.32. The van der Waals surface area contributed by atoms with E-state index in [0.717, 1.165) is 25.9 Å². The molecule has 0 aromatic rings. The van der Waals surface area contributed by atoms with Gasteiger partial charge in [-0.05, 0) is 40.2 Å². The quantitative estimate of drug-likeness (QED) is 0.744. The van der Waals surface area contributed by atoms with Gasteiger partial charge in [0.1, 0.15) is 0 Å². The minimum Gasteiger partial charge on any atom is -0.377 e. The van der Waals surface area contributed by atoms with Gasteiger partial charge in [0, 0.05) is 25.7 Å². The molecular formula is C11H24N2O. The normalized spacial score (nSPS) is 29.8. The van der Waals surface area contributed by atoms with Crippen molar-refractivity contribution in [2.24, 2.45) is 5.73 Å². The Balaban J connectivity index is 2.61. The number of hydrogen-bond acceptors (Lipinski definition) is 3. The Kier molecular flexibility index (Phi) is 3.56. The first-order chi connectivity index (χ1) is 6.43. The molecule has 1 aliphatic rings. The molecular weight excluding hydrogens is 176 g/mol. The van der Waals surface area contributed by atoms with Crippen LogP contribution in [0.5, 0.6) is 0 Å². The summed E-state index contributed by atoms with van der Waals surface area (Å²) < 4.78 is 5.64. The molecule has 0 radical (unpaired) electrons. The Labute approximate surface area is 87.6 Å². The molecule has 1 saturated heterocycles. The summed E-state index contributed by atoms with van der Waals surface area (Å²) in [7, 11) is 1.81. The van der Waals surface area contributed by atoms with Gasteiger partial charge in [-0.1, -0.05) is 0 Å². The van der Waals surface area contributed by atoms with Crippen molar-refractivity contribution in [3.05, 3.63) is 0 Å². The van der Waals surface area contributed by atoms with Crippen molar-refractivity contribution in [3.63, 3.8) is 0 Å². The Morgan fingerprint density at radius 3 is 2.43 bits per heavy atom. The molecule has 1 aliphatic heterocycles. The number of nitrogens with two attached hydrogens (primary N) is 1. The average Bonchev–Trinajstić information content (AvgIpc) is 2.50. The lowest BCUT2D eigenvalue weighted by atomic mass is 9.98. The van der Waals surface area contributed by atoms with Gasteiger partial charge in [-0.25, -0.2) is 0 Å². The maximum Gasteiger partial charge on any atom is 0.0829 e. The van der Waals surface area contributed by atoms with Gasteiger partial charge < -0.3 is 10.5 Å². The van der Waals surface area contributed by atoms with Crippen LogP contribution >= 0.6 is 0 Å². The monoisotopic (exact) mass is 200 g/mol. The van der Waals surface area contributed by atoms with Crippen LogP contribution in [0.2, 0.25) is 0 Å². The van der Waals surface area contributed by atoms with E-state index in [4.69, 9.17) is 10.5 Å². The smallest absolute Gasteiger partial charge is 0.0829 e. The first-order valence-electron chi connectivity index (χ1n) is 5.44. The lowest BCUT2D eigenvalue weighted by Gasteiger charge is -2.34. The molecule has 3 nitrogen and oxygen atoms in total. The summed E-state index contributed by atoms with van der Waals surface area (Å²) in [5.41, 5.74) is 5.89. The van der Waals surface area contributed by atoms with E-state index in [-0.39, 0.29) is 11.1 Å². The minimum absolute atomic E-state index is 0.0159. The van der Waals surface area contributed by atoms with Gasteiger partial charge in [-0.2, -0.15) is 0 Å². The number of rotatable bonds is 3. The number of methoxy groups -OCH3 is 1. The molecule has 3 heteroatoms. The molecule has 0 saturated carbocycles. The number of nitrogens with zero attached hydrogens (tertiary/aromatic N) is 1. The number of ether oxygens (including phenoxy) is 1. The van der Waals surface area contributed by atoms with Crippen molar-refractivity contribution in [2.75, 3.05) is 26.7 Å². The summed E-state index contributed by atoms with van der Waals surface area (Å²) in [6.07, 6.45) is 2.08. The molecule has 2 N–H and O–H groups in total. The third kappa shape index (κ3) is 2.47. The van der Waals surface area contributed by atoms with Gasteiger partial charge in [0.05, 0.1) is 5.60 Å². The maximum absolute atomic E-state index is 5.64. The van der Waals surface area contributed by atoms with E-state index in [1.807, 2.05) is 7.11 Å². The molecule has 1 heterocycles. The summed E-state index contributed by atoms with van der Waals surface area (Å²) in [5, 5.41) is 0. The SMILES string of the molecule is COC1(CCN)CCN(C(C)(C)C)C1. The van der Waals surface area contributed by atoms with E-state index in [0.29, 0.717) is 6.54 Å². The first kappa shape index (κ1) is 12.0. The minimum atomic E-state index is 0.0159. The van der Waals surface area contributed by atoms with Crippen LogP contribution in [-0.2, 0) is 4.74 Å². The molecule has 84 valence electrons. The molecule has 0 aromatic carbocycles. The van der Waals surface area contributed by atoms with Crippen molar-refractivity contribution in [1.29, 1.82) is 0 Å². The first-order valence-corrected chi connectivity index (χ1v) is 5.44. The second-order valence-electron chi connectivity index (χ2n) is 5.27. The molecule has 1 rings (SSSR count).